The lowest BCUT2D eigenvalue weighted by atomic mass is 9.83. The van der Waals surface area contributed by atoms with Crippen molar-refractivity contribution in [3.63, 3.8) is 0 Å². The predicted molar refractivity (Wildman–Crippen MR) is 57.9 cm³/mol. The molecular weight excluding hydrogens is 172 g/mol. The van der Waals surface area contributed by atoms with Crippen molar-refractivity contribution in [1.82, 2.24) is 0 Å². The Morgan fingerprint density at radius 3 is 2.50 bits per heavy atom. The van der Waals surface area contributed by atoms with E-state index in [0.717, 1.165) is 24.7 Å². The number of allylic oxidation sites excluding steroid dienone is 4. The Labute approximate surface area is 85.9 Å². The minimum atomic E-state index is 0.324. The third-order valence-electron chi connectivity index (χ3n) is 3.28. The molecule has 0 aliphatic heterocycles. The van der Waals surface area contributed by atoms with E-state index in [9.17, 15) is 4.79 Å². The van der Waals surface area contributed by atoms with Crippen molar-refractivity contribution < 1.29 is 4.79 Å². The first-order chi connectivity index (χ1) is 6.75. The van der Waals surface area contributed by atoms with E-state index in [1.807, 2.05) is 0 Å². The molecule has 1 nitrogen and oxygen atoms in total. The van der Waals surface area contributed by atoms with Gasteiger partial charge < -0.3 is 4.79 Å². The van der Waals surface area contributed by atoms with Crippen molar-refractivity contribution in [1.29, 1.82) is 0 Å². The highest BCUT2D eigenvalue weighted by molar-refractivity contribution is 5.75. The van der Waals surface area contributed by atoms with Gasteiger partial charge in [-0.2, -0.15) is 0 Å². The van der Waals surface area contributed by atoms with Gasteiger partial charge in [-0.1, -0.05) is 24.3 Å². The second-order valence-corrected chi connectivity index (χ2v) is 4.59. The average molecular weight is 190 g/mol. The molecule has 0 heterocycles. The zero-order chi connectivity index (χ0) is 9.97. The summed E-state index contributed by atoms with van der Waals surface area (Å²) in [6.45, 7) is 1.68. The first kappa shape index (κ1) is 9.70. The predicted octanol–water partition coefficient (Wildman–Crippen LogP) is 3.12. The van der Waals surface area contributed by atoms with Crippen molar-refractivity contribution in [2.24, 2.45) is 17.8 Å². The van der Waals surface area contributed by atoms with Gasteiger partial charge in [0.15, 0.2) is 0 Å². The van der Waals surface area contributed by atoms with Gasteiger partial charge in [-0.05, 0) is 38.0 Å². The smallest absolute Gasteiger partial charge is 0.129 e. The van der Waals surface area contributed by atoms with Crippen LogP contribution in [0.3, 0.4) is 0 Å². The fourth-order valence-corrected chi connectivity index (χ4v) is 2.20. The van der Waals surface area contributed by atoms with Crippen molar-refractivity contribution >= 4 is 5.78 Å². The molecule has 76 valence electrons. The molecule has 0 saturated carbocycles. The molecule has 0 amide bonds. The number of ketones is 1. The van der Waals surface area contributed by atoms with E-state index in [4.69, 9.17) is 0 Å². The maximum atomic E-state index is 10.8. The highest BCUT2D eigenvalue weighted by Gasteiger charge is 2.25. The number of hydrogen-bond acceptors (Lipinski definition) is 1. The molecule has 0 aromatic carbocycles. The minimum absolute atomic E-state index is 0.324. The quantitative estimate of drug-likeness (QED) is 0.622. The van der Waals surface area contributed by atoms with Crippen molar-refractivity contribution in [2.75, 3.05) is 0 Å². The number of carbonyl (C=O) groups is 1. The highest BCUT2D eigenvalue weighted by Crippen LogP contribution is 2.36. The molecule has 0 saturated heterocycles. The molecule has 0 spiro atoms. The monoisotopic (exact) mass is 190 g/mol. The number of carbonyl (C=O) groups excluding carboxylic acids is 1. The summed E-state index contributed by atoms with van der Waals surface area (Å²) in [5.41, 5.74) is 0. The van der Waals surface area contributed by atoms with Gasteiger partial charge in [-0.15, -0.1) is 0 Å². The van der Waals surface area contributed by atoms with E-state index in [1.165, 1.54) is 12.8 Å². The molecule has 2 aliphatic carbocycles. The largest absolute Gasteiger partial charge is 0.300 e. The molecule has 1 unspecified atom stereocenters. The molecule has 0 aromatic heterocycles. The van der Waals surface area contributed by atoms with E-state index in [2.05, 4.69) is 24.3 Å². The summed E-state index contributed by atoms with van der Waals surface area (Å²) < 4.78 is 0. The van der Waals surface area contributed by atoms with Crippen LogP contribution in [0.15, 0.2) is 24.3 Å². The van der Waals surface area contributed by atoms with E-state index >= 15 is 0 Å². The van der Waals surface area contributed by atoms with Crippen LogP contribution in [0.25, 0.3) is 0 Å². The zero-order valence-corrected chi connectivity index (χ0v) is 8.78. The van der Waals surface area contributed by atoms with Gasteiger partial charge in [-0.3, -0.25) is 0 Å². The molecule has 14 heavy (non-hydrogen) atoms. The summed E-state index contributed by atoms with van der Waals surface area (Å²) in [5.74, 6) is 2.52. The van der Waals surface area contributed by atoms with Crippen molar-refractivity contribution in [3.05, 3.63) is 24.3 Å². The molecule has 1 heteroatoms. The lowest BCUT2D eigenvalue weighted by molar-refractivity contribution is -0.117. The molecule has 2 aliphatic rings. The van der Waals surface area contributed by atoms with Crippen LogP contribution < -0.4 is 0 Å². The van der Waals surface area contributed by atoms with Crippen LogP contribution in [0.5, 0.6) is 0 Å². The first-order valence-corrected chi connectivity index (χ1v) is 5.62. The van der Waals surface area contributed by atoms with Crippen molar-refractivity contribution in [2.45, 2.75) is 32.6 Å². The first-order valence-electron chi connectivity index (χ1n) is 5.62. The summed E-state index contributed by atoms with van der Waals surface area (Å²) in [7, 11) is 0. The average Bonchev–Trinajstić information content (AvgIpc) is 2.99. The number of rotatable bonds is 4. The Kier molecular flexibility index (Phi) is 2.85. The lowest BCUT2D eigenvalue weighted by Crippen LogP contribution is -2.11. The molecule has 0 aromatic rings. The summed E-state index contributed by atoms with van der Waals surface area (Å²) in [6.07, 6.45) is 13.6. The van der Waals surface area contributed by atoms with Gasteiger partial charge in [-0.25, -0.2) is 0 Å². The van der Waals surface area contributed by atoms with E-state index in [1.54, 1.807) is 6.92 Å². The Morgan fingerprint density at radius 1 is 1.21 bits per heavy atom. The van der Waals surface area contributed by atoms with Gasteiger partial charge >= 0.3 is 0 Å². The number of hydrogen-bond donors (Lipinski definition) is 0. The molecule has 0 fully saturated rings. The van der Waals surface area contributed by atoms with Crippen LogP contribution in [0.2, 0.25) is 0 Å². The summed E-state index contributed by atoms with van der Waals surface area (Å²) in [4.78, 5) is 10.8. The molecule has 0 radical (unpaired) electrons. The molecule has 2 rings (SSSR count). The Morgan fingerprint density at radius 2 is 2.00 bits per heavy atom. The number of Topliss-reactive ketones (excluding diaryl/α,β-unsaturated/α-hetero) is 1. The normalized spacial score (nSPS) is 30.6. The third kappa shape index (κ3) is 2.57. The van der Waals surface area contributed by atoms with Gasteiger partial charge in [0, 0.05) is 12.3 Å². The van der Waals surface area contributed by atoms with E-state index < -0.39 is 0 Å². The van der Waals surface area contributed by atoms with Gasteiger partial charge in [0.1, 0.15) is 5.78 Å². The second-order valence-electron chi connectivity index (χ2n) is 4.59. The van der Waals surface area contributed by atoms with Gasteiger partial charge in [0.25, 0.3) is 0 Å². The minimum Gasteiger partial charge on any atom is -0.300 e. The van der Waals surface area contributed by atoms with Crippen LogP contribution in [0, 0.1) is 17.8 Å². The third-order valence-corrected chi connectivity index (χ3v) is 3.28. The van der Waals surface area contributed by atoms with Crippen LogP contribution in [0.4, 0.5) is 0 Å². The fraction of sp³-hybridized carbons (Fsp3) is 0.615. The molecular formula is C13H18O. The second kappa shape index (κ2) is 4.12. The van der Waals surface area contributed by atoms with E-state index in [-0.39, 0.29) is 0 Å². The molecule has 0 bridgehead atoms. The fourth-order valence-electron chi connectivity index (χ4n) is 2.20. The summed E-state index contributed by atoms with van der Waals surface area (Å²) in [6, 6.07) is 0. The zero-order valence-electron chi connectivity index (χ0n) is 8.78. The van der Waals surface area contributed by atoms with Crippen molar-refractivity contribution in [3.8, 4) is 0 Å². The van der Waals surface area contributed by atoms with E-state index in [0.29, 0.717) is 11.7 Å². The summed E-state index contributed by atoms with van der Waals surface area (Å²) >= 11 is 0. The lowest BCUT2D eigenvalue weighted by Gasteiger charge is -2.22. The van der Waals surface area contributed by atoms with Gasteiger partial charge in [0.05, 0.1) is 0 Å². The topological polar surface area (TPSA) is 17.1 Å². The standard InChI is InChI=1S/C13H18O/c1-10(14)2-3-11-4-6-12(7-5-11)13-8-9-13/h4,6,8-9,11-13H,2-3,5,7H2,1H3/t11?,12-/m1/s1. The Bertz CT molecular complexity index is 269. The Balaban J connectivity index is 1.75. The molecule has 0 N–H and O–H groups in total. The van der Waals surface area contributed by atoms with Crippen LogP contribution >= 0.6 is 0 Å². The maximum absolute atomic E-state index is 10.8. The Hall–Kier alpha value is -0.850. The van der Waals surface area contributed by atoms with Crippen LogP contribution in [0.1, 0.15) is 32.6 Å². The van der Waals surface area contributed by atoms with Crippen LogP contribution in [-0.4, -0.2) is 5.78 Å². The summed E-state index contributed by atoms with van der Waals surface area (Å²) in [5, 5.41) is 0. The maximum Gasteiger partial charge on any atom is 0.129 e. The SMILES string of the molecule is CC(=O)CCC1C=C[C@@H](C2C=C2)CC1. The highest BCUT2D eigenvalue weighted by atomic mass is 16.1. The van der Waals surface area contributed by atoms with Crippen LogP contribution in [-0.2, 0) is 4.79 Å². The molecule has 2 atom stereocenters. The van der Waals surface area contributed by atoms with Gasteiger partial charge in [0.2, 0.25) is 0 Å².